The zero-order valence-electron chi connectivity index (χ0n) is 23.2. The fourth-order valence-corrected chi connectivity index (χ4v) is 4.88. The standard InChI is InChI=1S/C28H35ClN4O7/c1-15(2)22(31-26(38)40-27(3,4)5)24(35)33-14-17(13-20(33)23(34)32-28(9-10-28)25(36)37)39-21-8-11-30-19-12-16(29)6-7-18(19)21/h6-8,11-12,15,17,20,22H,9-10,13-14H2,1-5H3,(H,31,38)(H,32,34)(H,36,37)/t17-,20+,22+/m1/s1. The number of halogens is 1. The number of aliphatic carboxylic acids is 1. The van der Waals surface area contributed by atoms with Gasteiger partial charge in [-0.25, -0.2) is 9.59 Å². The Bertz CT molecular complexity index is 1320. The van der Waals surface area contributed by atoms with Crippen LogP contribution in [-0.2, 0) is 19.1 Å². The number of carbonyl (C=O) groups is 4. The highest BCUT2D eigenvalue weighted by atomic mass is 35.5. The van der Waals surface area contributed by atoms with Crippen molar-refractivity contribution in [3.05, 3.63) is 35.5 Å². The molecule has 0 spiro atoms. The molecule has 1 saturated heterocycles. The lowest BCUT2D eigenvalue weighted by Crippen LogP contribution is -2.57. The van der Waals surface area contributed by atoms with E-state index < -0.39 is 53.2 Å². The number of likely N-dealkylation sites (tertiary alicyclic amines) is 1. The monoisotopic (exact) mass is 574 g/mol. The number of rotatable bonds is 8. The van der Waals surface area contributed by atoms with Gasteiger partial charge in [0, 0.05) is 23.0 Å². The number of fused-ring (bicyclic) bond motifs is 1. The number of nitrogens with one attached hydrogen (secondary N) is 2. The normalized spacial score (nSPS) is 20.6. The summed E-state index contributed by atoms with van der Waals surface area (Å²) in [4.78, 5) is 57.2. The Morgan fingerprint density at radius 3 is 2.48 bits per heavy atom. The van der Waals surface area contributed by atoms with Crippen molar-refractivity contribution in [1.82, 2.24) is 20.5 Å². The Morgan fingerprint density at radius 1 is 1.18 bits per heavy atom. The fourth-order valence-electron chi connectivity index (χ4n) is 4.72. The van der Waals surface area contributed by atoms with Crippen LogP contribution in [0.15, 0.2) is 30.5 Å². The molecule has 2 fully saturated rings. The first kappa shape index (κ1) is 29.4. The Morgan fingerprint density at radius 2 is 1.88 bits per heavy atom. The van der Waals surface area contributed by atoms with Gasteiger partial charge in [0.1, 0.15) is 35.1 Å². The topological polar surface area (TPSA) is 147 Å². The molecule has 0 bridgehead atoms. The predicted molar refractivity (Wildman–Crippen MR) is 147 cm³/mol. The summed E-state index contributed by atoms with van der Waals surface area (Å²) in [7, 11) is 0. The van der Waals surface area contributed by atoms with Gasteiger partial charge in [-0.15, -0.1) is 0 Å². The lowest BCUT2D eigenvalue weighted by atomic mass is 10.0. The zero-order valence-corrected chi connectivity index (χ0v) is 23.9. The minimum absolute atomic E-state index is 0.0492. The summed E-state index contributed by atoms with van der Waals surface area (Å²) in [6.07, 6.45) is 0.998. The van der Waals surface area contributed by atoms with E-state index in [9.17, 15) is 24.3 Å². The molecule has 3 N–H and O–H groups in total. The lowest BCUT2D eigenvalue weighted by molar-refractivity contribution is -0.145. The van der Waals surface area contributed by atoms with E-state index in [0.29, 0.717) is 34.5 Å². The summed E-state index contributed by atoms with van der Waals surface area (Å²) in [5.74, 6) is -2.00. The van der Waals surface area contributed by atoms with E-state index in [-0.39, 0.29) is 18.9 Å². The van der Waals surface area contributed by atoms with Crippen LogP contribution in [-0.4, -0.2) is 74.7 Å². The molecule has 3 amide bonds. The summed E-state index contributed by atoms with van der Waals surface area (Å²) in [6, 6.07) is 4.92. The number of ether oxygens (including phenoxy) is 2. The van der Waals surface area contributed by atoms with Gasteiger partial charge in [-0.2, -0.15) is 0 Å². The Kier molecular flexibility index (Phi) is 8.16. The van der Waals surface area contributed by atoms with Crippen LogP contribution in [0.1, 0.15) is 53.9 Å². The first-order valence-electron chi connectivity index (χ1n) is 13.3. The summed E-state index contributed by atoms with van der Waals surface area (Å²) in [5.41, 5.74) is -1.46. The molecule has 216 valence electrons. The Balaban J connectivity index is 1.59. The number of carboxylic acid groups (broad SMARTS) is 1. The highest BCUT2D eigenvalue weighted by Crippen LogP contribution is 2.37. The minimum atomic E-state index is -1.32. The first-order chi connectivity index (χ1) is 18.7. The number of hydrogen-bond donors (Lipinski definition) is 3. The smallest absolute Gasteiger partial charge is 0.408 e. The number of carbonyl (C=O) groups excluding carboxylic acids is 3. The molecule has 12 heteroatoms. The molecule has 4 rings (SSSR count). The molecule has 0 unspecified atom stereocenters. The second kappa shape index (κ2) is 11.1. The molecule has 3 atom stereocenters. The van der Waals surface area contributed by atoms with E-state index in [2.05, 4.69) is 15.6 Å². The van der Waals surface area contributed by atoms with Gasteiger partial charge in [0.2, 0.25) is 11.8 Å². The molecule has 2 heterocycles. The van der Waals surface area contributed by atoms with Gasteiger partial charge >= 0.3 is 12.1 Å². The molecule has 0 radical (unpaired) electrons. The third kappa shape index (κ3) is 6.57. The van der Waals surface area contributed by atoms with Gasteiger partial charge in [-0.3, -0.25) is 14.6 Å². The van der Waals surface area contributed by atoms with Crippen molar-refractivity contribution in [1.29, 1.82) is 0 Å². The van der Waals surface area contributed by atoms with E-state index >= 15 is 0 Å². The maximum atomic E-state index is 13.8. The summed E-state index contributed by atoms with van der Waals surface area (Å²) in [6.45, 7) is 8.75. The molecule has 1 aromatic heterocycles. The summed E-state index contributed by atoms with van der Waals surface area (Å²) >= 11 is 6.11. The number of hydrogen-bond acceptors (Lipinski definition) is 7. The molecule has 2 aromatic rings. The van der Waals surface area contributed by atoms with E-state index in [1.807, 2.05) is 0 Å². The predicted octanol–water partition coefficient (Wildman–Crippen LogP) is 3.52. The van der Waals surface area contributed by atoms with Crippen LogP contribution in [0, 0.1) is 5.92 Å². The molecule has 40 heavy (non-hydrogen) atoms. The van der Waals surface area contributed by atoms with Crippen LogP contribution in [0.5, 0.6) is 5.75 Å². The van der Waals surface area contributed by atoms with Crippen molar-refractivity contribution < 1.29 is 33.8 Å². The third-order valence-corrected chi connectivity index (χ3v) is 7.17. The minimum Gasteiger partial charge on any atom is -0.488 e. The molecular formula is C28H35ClN4O7. The fraction of sp³-hybridized carbons (Fsp3) is 0.536. The van der Waals surface area contributed by atoms with Crippen molar-refractivity contribution in [3.63, 3.8) is 0 Å². The molecule has 1 aliphatic carbocycles. The van der Waals surface area contributed by atoms with Crippen LogP contribution < -0.4 is 15.4 Å². The highest BCUT2D eigenvalue weighted by molar-refractivity contribution is 6.31. The SMILES string of the molecule is CC(C)[C@H](NC(=O)OC(C)(C)C)C(=O)N1C[C@H](Oc2ccnc3cc(Cl)ccc23)C[C@H]1C(=O)NC1(C(=O)O)CC1. The number of alkyl carbamates (subject to hydrolysis) is 1. The number of aromatic nitrogens is 1. The molecule has 2 aliphatic rings. The maximum Gasteiger partial charge on any atom is 0.408 e. The number of nitrogens with zero attached hydrogens (tertiary/aromatic N) is 2. The average Bonchev–Trinajstić information content (AvgIpc) is 3.51. The van der Waals surface area contributed by atoms with Crippen LogP contribution >= 0.6 is 11.6 Å². The van der Waals surface area contributed by atoms with Crippen LogP contribution in [0.25, 0.3) is 10.9 Å². The first-order valence-corrected chi connectivity index (χ1v) is 13.6. The second-order valence-electron chi connectivity index (χ2n) is 11.7. The van der Waals surface area contributed by atoms with Crippen LogP contribution in [0.2, 0.25) is 5.02 Å². The van der Waals surface area contributed by atoms with Gasteiger partial charge in [0.15, 0.2) is 0 Å². The molecule has 1 aromatic carbocycles. The highest BCUT2D eigenvalue weighted by Gasteiger charge is 2.54. The Hall–Kier alpha value is -3.60. The molecular weight excluding hydrogens is 540 g/mol. The summed E-state index contributed by atoms with van der Waals surface area (Å²) < 4.78 is 11.6. The van der Waals surface area contributed by atoms with Crippen LogP contribution in [0.4, 0.5) is 4.79 Å². The maximum absolute atomic E-state index is 13.8. The lowest BCUT2D eigenvalue weighted by Gasteiger charge is -2.31. The van der Waals surface area contributed by atoms with Crippen molar-refractivity contribution >= 4 is 46.4 Å². The second-order valence-corrected chi connectivity index (χ2v) is 12.1. The van der Waals surface area contributed by atoms with Gasteiger partial charge in [-0.05, 0) is 63.8 Å². The van der Waals surface area contributed by atoms with Gasteiger partial charge in [-0.1, -0.05) is 25.4 Å². The van der Waals surface area contributed by atoms with E-state index in [4.69, 9.17) is 21.1 Å². The number of pyridine rings is 1. The van der Waals surface area contributed by atoms with Crippen molar-refractivity contribution in [2.75, 3.05) is 6.54 Å². The van der Waals surface area contributed by atoms with E-state index in [0.717, 1.165) is 0 Å². The number of amides is 3. The van der Waals surface area contributed by atoms with Crippen LogP contribution in [0.3, 0.4) is 0 Å². The number of benzene rings is 1. The van der Waals surface area contributed by atoms with Gasteiger partial charge in [0.25, 0.3) is 0 Å². The van der Waals surface area contributed by atoms with Crippen molar-refractivity contribution in [3.8, 4) is 5.75 Å². The third-order valence-electron chi connectivity index (χ3n) is 6.93. The van der Waals surface area contributed by atoms with Crippen molar-refractivity contribution in [2.45, 2.75) is 83.2 Å². The average molecular weight is 575 g/mol. The largest absolute Gasteiger partial charge is 0.488 e. The van der Waals surface area contributed by atoms with E-state index in [1.165, 1.54) is 4.90 Å². The summed E-state index contributed by atoms with van der Waals surface area (Å²) in [5, 5.41) is 16.1. The van der Waals surface area contributed by atoms with Gasteiger partial charge in [0.05, 0.1) is 12.1 Å². The van der Waals surface area contributed by atoms with Crippen molar-refractivity contribution in [2.24, 2.45) is 5.92 Å². The Labute approximate surface area is 237 Å². The zero-order chi connectivity index (χ0) is 29.4. The quantitative estimate of drug-likeness (QED) is 0.434. The molecule has 1 aliphatic heterocycles. The van der Waals surface area contributed by atoms with E-state index in [1.54, 1.807) is 65.1 Å². The number of carboxylic acids is 1. The molecule has 1 saturated carbocycles. The van der Waals surface area contributed by atoms with Gasteiger partial charge < -0.3 is 30.1 Å². The molecule has 11 nitrogen and oxygen atoms in total.